The molecule has 0 spiro atoms. The van der Waals surface area contributed by atoms with E-state index in [2.05, 4.69) is 10.4 Å². The summed E-state index contributed by atoms with van der Waals surface area (Å²) in [6.07, 6.45) is 4.03. The smallest absolute Gasteiger partial charge is 0.293 e. The first kappa shape index (κ1) is 15.3. The average Bonchev–Trinajstić information content (AvgIpc) is 2.85. The molecule has 2 N–H and O–H groups in total. The molecular formula is C13H15ClN4O3. The molecule has 0 aliphatic rings. The number of anilines is 1. The summed E-state index contributed by atoms with van der Waals surface area (Å²) in [5.41, 5.74) is 1.14. The number of nitrogens with zero attached hydrogens (tertiary/aromatic N) is 3. The molecule has 0 unspecified atom stereocenters. The van der Waals surface area contributed by atoms with Gasteiger partial charge in [-0.25, -0.2) is 0 Å². The van der Waals surface area contributed by atoms with Crippen LogP contribution in [0.5, 0.6) is 0 Å². The van der Waals surface area contributed by atoms with E-state index in [9.17, 15) is 15.2 Å². The third kappa shape index (κ3) is 3.93. The maximum Gasteiger partial charge on any atom is 0.293 e. The van der Waals surface area contributed by atoms with E-state index in [0.29, 0.717) is 17.1 Å². The molecule has 1 aromatic carbocycles. The molecule has 0 fully saturated rings. The monoisotopic (exact) mass is 310 g/mol. The highest BCUT2D eigenvalue weighted by Crippen LogP contribution is 2.28. The number of benzene rings is 1. The van der Waals surface area contributed by atoms with Crippen molar-refractivity contribution in [2.45, 2.75) is 12.5 Å². The minimum Gasteiger partial charge on any atom is -0.394 e. The van der Waals surface area contributed by atoms with Crippen molar-refractivity contribution in [3.8, 4) is 0 Å². The first-order chi connectivity index (χ1) is 9.99. The van der Waals surface area contributed by atoms with E-state index in [4.69, 9.17) is 11.6 Å². The second kappa shape index (κ2) is 6.55. The van der Waals surface area contributed by atoms with Gasteiger partial charge in [0.05, 0.1) is 23.8 Å². The van der Waals surface area contributed by atoms with Crippen molar-refractivity contribution >= 4 is 23.0 Å². The van der Waals surface area contributed by atoms with Gasteiger partial charge in [0.15, 0.2) is 0 Å². The molecule has 7 nitrogen and oxygen atoms in total. The van der Waals surface area contributed by atoms with Crippen molar-refractivity contribution in [3.63, 3.8) is 0 Å². The van der Waals surface area contributed by atoms with Crippen LogP contribution in [0.3, 0.4) is 0 Å². The van der Waals surface area contributed by atoms with Gasteiger partial charge in [-0.2, -0.15) is 5.10 Å². The van der Waals surface area contributed by atoms with Crippen molar-refractivity contribution in [1.29, 1.82) is 0 Å². The minimum absolute atomic E-state index is 0.118. The Balaban J connectivity index is 2.16. The molecule has 2 aromatic rings. The molecule has 2 rings (SSSR count). The lowest BCUT2D eigenvalue weighted by Gasteiger charge is -2.16. The van der Waals surface area contributed by atoms with Crippen LogP contribution >= 0.6 is 11.6 Å². The van der Waals surface area contributed by atoms with Crippen LogP contribution in [0, 0.1) is 10.1 Å². The zero-order valence-electron chi connectivity index (χ0n) is 11.4. The van der Waals surface area contributed by atoms with E-state index in [1.807, 2.05) is 6.20 Å². The number of nitro benzene ring substituents is 1. The van der Waals surface area contributed by atoms with Crippen LogP contribution in [0.4, 0.5) is 11.4 Å². The number of hydrogen-bond donors (Lipinski definition) is 2. The molecule has 0 radical (unpaired) electrons. The van der Waals surface area contributed by atoms with E-state index >= 15 is 0 Å². The Bertz CT molecular complexity index is 644. The number of halogens is 1. The van der Waals surface area contributed by atoms with Crippen molar-refractivity contribution in [2.75, 3.05) is 11.9 Å². The summed E-state index contributed by atoms with van der Waals surface area (Å²) in [5.74, 6) is 0. The Labute approximate surface area is 126 Å². The van der Waals surface area contributed by atoms with Crippen molar-refractivity contribution in [2.24, 2.45) is 7.05 Å². The van der Waals surface area contributed by atoms with Gasteiger partial charge in [-0.3, -0.25) is 14.8 Å². The normalized spacial score (nSPS) is 12.1. The lowest BCUT2D eigenvalue weighted by molar-refractivity contribution is -0.384. The van der Waals surface area contributed by atoms with Gasteiger partial charge in [0.25, 0.3) is 5.69 Å². The maximum absolute atomic E-state index is 11.0. The molecule has 21 heavy (non-hydrogen) atoms. The number of aliphatic hydroxyl groups is 1. The molecule has 0 aliphatic heterocycles. The van der Waals surface area contributed by atoms with Crippen LogP contribution in [0.2, 0.25) is 5.02 Å². The van der Waals surface area contributed by atoms with Gasteiger partial charge in [-0.15, -0.1) is 0 Å². The third-order valence-corrected chi connectivity index (χ3v) is 3.21. The quantitative estimate of drug-likeness (QED) is 0.628. The number of aliphatic hydroxyl groups excluding tert-OH is 1. The number of nitro groups is 1. The number of hydrogen-bond acceptors (Lipinski definition) is 5. The summed E-state index contributed by atoms with van der Waals surface area (Å²) >= 11 is 5.77. The summed E-state index contributed by atoms with van der Waals surface area (Å²) in [5, 5.41) is 27.8. The zero-order valence-corrected chi connectivity index (χ0v) is 12.1. The van der Waals surface area contributed by atoms with E-state index in [1.54, 1.807) is 24.0 Å². The van der Waals surface area contributed by atoms with Crippen LogP contribution in [0.15, 0.2) is 30.6 Å². The van der Waals surface area contributed by atoms with Crippen LogP contribution < -0.4 is 5.32 Å². The SMILES string of the molecule is Cn1cc(C[C@@H](CO)Nc2ccc(Cl)cc2[N+](=O)[O-])cn1. The molecule has 1 atom stereocenters. The van der Waals surface area contributed by atoms with Crippen molar-refractivity contribution in [3.05, 3.63) is 51.3 Å². The van der Waals surface area contributed by atoms with Gasteiger partial charge in [0.2, 0.25) is 0 Å². The van der Waals surface area contributed by atoms with E-state index in [0.717, 1.165) is 5.56 Å². The molecule has 0 bridgehead atoms. The zero-order chi connectivity index (χ0) is 15.4. The summed E-state index contributed by atoms with van der Waals surface area (Å²) in [4.78, 5) is 10.5. The standard InChI is InChI=1S/C13H15ClN4O3/c1-17-7-9(6-15-17)4-11(8-19)16-12-3-2-10(14)5-13(12)18(20)21/h2-3,5-7,11,16,19H,4,8H2,1H3/t11-/m0/s1. The number of aryl methyl sites for hydroxylation is 1. The average molecular weight is 311 g/mol. The van der Waals surface area contributed by atoms with Crippen molar-refractivity contribution < 1.29 is 10.0 Å². The predicted octanol–water partition coefficient (Wildman–Crippen LogP) is 2.00. The van der Waals surface area contributed by atoms with Gasteiger partial charge in [0, 0.05) is 24.3 Å². The topological polar surface area (TPSA) is 93.2 Å². The van der Waals surface area contributed by atoms with Crippen LogP contribution in [0.1, 0.15) is 5.56 Å². The first-order valence-electron chi connectivity index (χ1n) is 6.28. The summed E-state index contributed by atoms with van der Waals surface area (Å²) in [6, 6.07) is 4.03. The summed E-state index contributed by atoms with van der Waals surface area (Å²) in [7, 11) is 1.80. The van der Waals surface area contributed by atoms with E-state index in [1.165, 1.54) is 12.1 Å². The predicted molar refractivity (Wildman–Crippen MR) is 79.5 cm³/mol. The molecule has 1 heterocycles. The highest BCUT2D eigenvalue weighted by atomic mass is 35.5. The van der Waals surface area contributed by atoms with Gasteiger partial charge >= 0.3 is 0 Å². The van der Waals surface area contributed by atoms with Crippen LogP contribution in [-0.4, -0.2) is 32.5 Å². The molecule has 0 saturated heterocycles. The fraction of sp³-hybridized carbons (Fsp3) is 0.308. The summed E-state index contributed by atoms with van der Waals surface area (Å²) in [6.45, 7) is -0.158. The molecule has 1 aromatic heterocycles. The molecule has 0 aliphatic carbocycles. The second-order valence-electron chi connectivity index (χ2n) is 4.67. The highest BCUT2D eigenvalue weighted by Gasteiger charge is 2.18. The lowest BCUT2D eigenvalue weighted by atomic mass is 10.1. The third-order valence-electron chi connectivity index (χ3n) is 2.98. The lowest BCUT2D eigenvalue weighted by Crippen LogP contribution is -2.26. The fourth-order valence-corrected chi connectivity index (χ4v) is 2.19. The Morgan fingerprint density at radius 3 is 2.90 bits per heavy atom. The minimum atomic E-state index is -0.507. The Morgan fingerprint density at radius 1 is 1.57 bits per heavy atom. The maximum atomic E-state index is 11.0. The van der Waals surface area contributed by atoms with Crippen LogP contribution in [-0.2, 0) is 13.5 Å². The van der Waals surface area contributed by atoms with E-state index < -0.39 is 4.92 Å². The fourth-order valence-electron chi connectivity index (χ4n) is 2.02. The van der Waals surface area contributed by atoms with E-state index in [-0.39, 0.29) is 18.3 Å². The van der Waals surface area contributed by atoms with Crippen molar-refractivity contribution in [1.82, 2.24) is 9.78 Å². The first-order valence-corrected chi connectivity index (χ1v) is 6.66. The largest absolute Gasteiger partial charge is 0.394 e. The van der Waals surface area contributed by atoms with Gasteiger partial charge < -0.3 is 10.4 Å². The molecule has 8 heteroatoms. The second-order valence-corrected chi connectivity index (χ2v) is 5.11. The molecule has 0 saturated carbocycles. The van der Waals surface area contributed by atoms with Gasteiger partial charge in [0.1, 0.15) is 5.69 Å². The van der Waals surface area contributed by atoms with Crippen LogP contribution in [0.25, 0.3) is 0 Å². The number of nitrogens with one attached hydrogen (secondary N) is 1. The Kier molecular flexibility index (Phi) is 4.77. The Morgan fingerprint density at radius 2 is 2.33 bits per heavy atom. The molecule has 112 valence electrons. The van der Waals surface area contributed by atoms with Gasteiger partial charge in [-0.05, 0) is 24.1 Å². The van der Waals surface area contributed by atoms with Gasteiger partial charge in [-0.1, -0.05) is 11.6 Å². The number of rotatable bonds is 6. The number of aromatic nitrogens is 2. The Hall–Kier alpha value is -2.12. The summed E-state index contributed by atoms with van der Waals surface area (Å²) < 4.78 is 1.66. The molecule has 0 amide bonds. The molecular weight excluding hydrogens is 296 g/mol. The highest BCUT2D eigenvalue weighted by molar-refractivity contribution is 6.30.